The van der Waals surface area contributed by atoms with Gasteiger partial charge >= 0.3 is 0 Å². The first-order chi connectivity index (χ1) is 15.0. The van der Waals surface area contributed by atoms with Crippen molar-refractivity contribution in [3.63, 3.8) is 0 Å². The fourth-order valence-electron chi connectivity index (χ4n) is 4.53. The average molecular weight is 443 g/mol. The van der Waals surface area contributed by atoms with Crippen LogP contribution in [0.5, 0.6) is 0 Å². The topological polar surface area (TPSA) is 56.3 Å². The van der Waals surface area contributed by atoms with E-state index in [0.29, 0.717) is 29.4 Å². The van der Waals surface area contributed by atoms with Gasteiger partial charge in [-0.05, 0) is 61.0 Å². The van der Waals surface area contributed by atoms with Crippen LogP contribution in [0.2, 0.25) is 0 Å². The number of hydrogen-bond acceptors (Lipinski definition) is 5. The van der Waals surface area contributed by atoms with Crippen molar-refractivity contribution in [1.29, 1.82) is 0 Å². The van der Waals surface area contributed by atoms with E-state index in [1.807, 2.05) is 0 Å². The predicted octanol–water partition coefficient (Wildman–Crippen LogP) is 4.18. The zero-order chi connectivity index (χ0) is 21.8. The lowest BCUT2D eigenvalue weighted by Crippen LogP contribution is -2.39. The monoisotopic (exact) mass is 442 g/mol. The van der Waals surface area contributed by atoms with E-state index in [9.17, 15) is 4.39 Å². The Balaban J connectivity index is 1.49. The second-order valence-electron chi connectivity index (χ2n) is 8.89. The van der Waals surface area contributed by atoms with Gasteiger partial charge in [-0.25, -0.2) is 4.39 Å². The number of anilines is 3. The molecule has 0 aliphatic carbocycles. The SMILES string of the molecule is C[C@@H]1C[C@@H](C)CN(c2cc(N3CCCC3)nc(NC(=S)NCc3ccc(F)cc3)n2)C1. The number of hydrogen-bond donors (Lipinski definition) is 2. The lowest BCUT2D eigenvalue weighted by atomic mass is 9.92. The third-order valence-electron chi connectivity index (χ3n) is 5.91. The van der Waals surface area contributed by atoms with E-state index in [0.717, 1.165) is 43.4 Å². The molecule has 0 radical (unpaired) electrons. The van der Waals surface area contributed by atoms with Gasteiger partial charge in [0.15, 0.2) is 5.11 Å². The largest absolute Gasteiger partial charge is 0.358 e. The highest BCUT2D eigenvalue weighted by molar-refractivity contribution is 7.80. The molecule has 2 aromatic rings. The Labute approximate surface area is 189 Å². The molecule has 2 fully saturated rings. The summed E-state index contributed by atoms with van der Waals surface area (Å²) in [5.41, 5.74) is 0.953. The smallest absolute Gasteiger partial charge is 0.232 e. The van der Waals surface area contributed by atoms with Gasteiger partial charge in [-0.3, -0.25) is 0 Å². The Morgan fingerprint density at radius 3 is 2.29 bits per heavy atom. The normalized spacial score (nSPS) is 21.3. The van der Waals surface area contributed by atoms with Crippen LogP contribution in [0.25, 0.3) is 0 Å². The number of benzene rings is 1. The first-order valence-electron chi connectivity index (χ1n) is 11.1. The van der Waals surface area contributed by atoms with Gasteiger partial charge in [0, 0.05) is 38.8 Å². The maximum absolute atomic E-state index is 13.1. The summed E-state index contributed by atoms with van der Waals surface area (Å²) in [5, 5.41) is 6.77. The van der Waals surface area contributed by atoms with Crippen molar-refractivity contribution >= 4 is 34.9 Å². The Hall–Kier alpha value is -2.48. The van der Waals surface area contributed by atoms with E-state index in [2.05, 4.69) is 40.3 Å². The minimum Gasteiger partial charge on any atom is -0.358 e. The summed E-state index contributed by atoms with van der Waals surface area (Å²) in [6, 6.07) is 8.50. The summed E-state index contributed by atoms with van der Waals surface area (Å²) in [6.45, 7) is 9.18. The number of rotatable bonds is 5. The lowest BCUT2D eigenvalue weighted by molar-refractivity contribution is 0.355. The molecule has 0 amide bonds. The Kier molecular flexibility index (Phi) is 6.85. The van der Waals surface area contributed by atoms with Crippen molar-refractivity contribution in [2.75, 3.05) is 41.3 Å². The quantitative estimate of drug-likeness (QED) is 0.674. The summed E-state index contributed by atoms with van der Waals surface area (Å²) in [7, 11) is 0. The Morgan fingerprint density at radius 2 is 1.65 bits per heavy atom. The average Bonchev–Trinajstić information content (AvgIpc) is 3.27. The van der Waals surface area contributed by atoms with E-state index in [1.165, 1.54) is 31.4 Å². The van der Waals surface area contributed by atoms with E-state index < -0.39 is 0 Å². The molecule has 2 aliphatic heterocycles. The molecule has 1 aromatic carbocycles. The van der Waals surface area contributed by atoms with Crippen molar-refractivity contribution in [2.45, 2.75) is 39.7 Å². The summed E-state index contributed by atoms with van der Waals surface area (Å²) in [6.07, 6.45) is 3.64. The molecule has 2 saturated heterocycles. The molecule has 2 atom stereocenters. The van der Waals surface area contributed by atoms with Gasteiger partial charge in [0.05, 0.1) is 0 Å². The minimum absolute atomic E-state index is 0.245. The minimum atomic E-state index is -0.245. The first-order valence-corrected chi connectivity index (χ1v) is 11.6. The second kappa shape index (κ2) is 9.77. The van der Waals surface area contributed by atoms with Crippen LogP contribution in [0, 0.1) is 17.7 Å². The fourth-order valence-corrected chi connectivity index (χ4v) is 4.69. The second-order valence-corrected chi connectivity index (χ2v) is 9.30. The van der Waals surface area contributed by atoms with Crippen molar-refractivity contribution in [1.82, 2.24) is 15.3 Å². The molecule has 3 heterocycles. The molecule has 0 saturated carbocycles. The zero-order valence-corrected chi connectivity index (χ0v) is 19.1. The molecule has 1 aromatic heterocycles. The third-order valence-corrected chi connectivity index (χ3v) is 6.16. The molecular formula is C23H31FN6S. The maximum atomic E-state index is 13.1. The molecule has 4 rings (SSSR count). The predicted molar refractivity (Wildman–Crippen MR) is 128 cm³/mol. The molecule has 8 heteroatoms. The van der Waals surface area contributed by atoms with Gasteiger partial charge in [-0.2, -0.15) is 9.97 Å². The Bertz CT molecular complexity index is 889. The van der Waals surface area contributed by atoms with E-state index in [1.54, 1.807) is 12.1 Å². The number of nitrogens with zero attached hydrogens (tertiary/aromatic N) is 4. The number of piperidine rings is 1. The third kappa shape index (κ3) is 5.81. The first kappa shape index (κ1) is 21.7. The summed E-state index contributed by atoms with van der Waals surface area (Å²) in [4.78, 5) is 14.3. The molecular weight excluding hydrogens is 411 g/mol. The van der Waals surface area contributed by atoms with Crippen molar-refractivity contribution < 1.29 is 4.39 Å². The van der Waals surface area contributed by atoms with E-state index >= 15 is 0 Å². The van der Waals surface area contributed by atoms with Gasteiger partial charge < -0.3 is 20.4 Å². The van der Waals surface area contributed by atoms with Crippen LogP contribution in [0.15, 0.2) is 30.3 Å². The van der Waals surface area contributed by atoms with E-state index in [-0.39, 0.29) is 5.82 Å². The van der Waals surface area contributed by atoms with Gasteiger partial charge in [-0.1, -0.05) is 26.0 Å². The fraction of sp³-hybridized carbons (Fsp3) is 0.522. The van der Waals surface area contributed by atoms with Crippen molar-refractivity contribution in [3.8, 4) is 0 Å². The zero-order valence-electron chi connectivity index (χ0n) is 18.3. The Morgan fingerprint density at radius 1 is 1.03 bits per heavy atom. The van der Waals surface area contributed by atoms with Crippen LogP contribution in [-0.4, -0.2) is 41.3 Å². The molecule has 2 aliphatic rings. The van der Waals surface area contributed by atoms with Gasteiger partial charge in [0.25, 0.3) is 0 Å². The van der Waals surface area contributed by atoms with Crippen LogP contribution in [0.1, 0.15) is 38.7 Å². The number of thiocarbonyl (C=S) groups is 1. The van der Waals surface area contributed by atoms with Gasteiger partial charge in [0.2, 0.25) is 5.95 Å². The van der Waals surface area contributed by atoms with Gasteiger partial charge in [0.1, 0.15) is 17.5 Å². The standard InChI is InChI=1S/C23H31FN6S/c1-16-11-17(2)15-30(14-16)21-12-20(29-9-3-4-10-29)26-22(27-21)28-23(31)25-13-18-5-7-19(24)8-6-18/h5-8,12,16-17H,3-4,9-11,13-15H2,1-2H3,(H2,25,26,27,28,31)/t16-,17-/m1/s1. The molecule has 0 unspecified atom stereocenters. The highest BCUT2D eigenvalue weighted by Crippen LogP contribution is 2.29. The van der Waals surface area contributed by atoms with Crippen molar-refractivity contribution in [2.24, 2.45) is 11.8 Å². The maximum Gasteiger partial charge on any atom is 0.232 e. The lowest BCUT2D eigenvalue weighted by Gasteiger charge is -2.36. The van der Waals surface area contributed by atoms with Crippen LogP contribution < -0.4 is 20.4 Å². The highest BCUT2D eigenvalue weighted by atomic mass is 32.1. The van der Waals surface area contributed by atoms with Crippen LogP contribution in [0.4, 0.5) is 22.0 Å². The molecule has 2 N–H and O–H groups in total. The van der Waals surface area contributed by atoms with Gasteiger partial charge in [-0.15, -0.1) is 0 Å². The number of aromatic nitrogens is 2. The summed E-state index contributed by atoms with van der Waals surface area (Å²) < 4.78 is 13.1. The van der Waals surface area contributed by atoms with Crippen molar-refractivity contribution in [3.05, 3.63) is 41.7 Å². The number of nitrogens with one attached hydrogen (secondary N) is 2. The van der Waals surface area contributed by atoms with E-state index in [4.69, 9.17) is 22.2 Å². The molecule has 0 spiro atoms. The van der Waals surface area contributed by atoms with Crippen LogP contribution in [-0.2, 0) is 6.54 Å². The molecule has 6 nitrogen and oxygen atoms in total. The molecule has 31 heavy (non-hydrogen) atoms. The van der Waals surface area contributed by atoms with Crippen LogP contribution >= 0.6 is 12.2 Å². The number of halogens is 1. The summed E-state index contributed by atoms with van der Waals surface area (Å²) in [5.74, 6) is 3.47. The summed E-state index contributed by atoms with van der Waals surface area (Å²) >= 11 is 5.47. The molecule has 166 valence electrons. The highest BCUT2D eigenvalue weighted by Gasteiger charge is 2.25. The van der Waals surface area contributed by atoms with Crippen LogP contribution in [0.3, 0.4) is 0 Å². The molecule has 0 bridgehead atoms.